The molecule has 1 spiro atoms. The second-order valence-electron chi connectivity index (χ2n) is 10.5. The van der Waals surface area contributed by atoms with Crippen LogP contribution in [-0.4, -0.2) is 78.2 Å². The number of sulfonamides is 1. The summed E-state index contributed by atoms with van der Waals surface area (Å²) < 4.78 is 32.9. The van der Waals surface area contributed by atoms with Crippen LogP contribution in [0.25, 0.3) is 5.76 Å². The second kappa shape index (κ2) is 11.0. The highest BCUT2D eigenvalue weighted by Crippen LogP contribution is 2.54. The van der Waals surface area contributed by atoms with Gasteiger partial charge in [-0.3, -0.25) is 19.4 Å². The molecule has 1 atom stereocenters. The number of carbonyl (C=O) groups excluding carboxylic acids is 3. The molecule has 3 aliphatic heterocycles. The number of likely N-dealkylation sites (tertiary alicyclic amines) is 1. The van der Waals surface area contributed by atoms with Gasteiger partial charge in [-0.2, -0.15) is 4.31 Å². The van der Waals surface area contributed by atoms with Gasteiger partial charge in [0, 0.05) is 49.7 Å². The summed E-state index contributed by atoms with van der Waals surface area (Å²) in [5.74, 6) is -3.03. The molecule has 0 saturated carbocycles. The van der Waals surface area contributed by atoms with E-state index in [4.69, 9.17) is 4.74 Å². The number of hydrogen-bond acceptors (Lipinski definition) is 8. The monoisotopic (exact) mass is 602 g/mol. The van der Waals surface area contributed by atoms with Gasteiger partial charge < -0.3 is 19.6 Å². The van der Waals surface area contributed by atoms with E-state index in [1.54, 1.807) is 53.7 Å². The van der Waals surface area contributed by atoms with Crippen LogP contribution in [0.4, 0.5) is 5.69 Å². The zero-order chi connectivity index (χ0) is 30.4. The van der Waals surface area contributed by atoms with E-state index in [0.29, 0.717) is 43.0 Å². The third-order valence-electron chi connectivity index (χ3n) is 8.06. The fourth-order valence-electron chi connectivity index (χ4n) is 6.07. The van der Waals surface area contributed by atoms with Gasteiger partial charge in [0.05, 0.1) is 29.4 Å². The van der Waals surface area contributed by atoms with Crippen molar-refractivity contribution < 1.29 is 32.6 Å². The second-order valence-corrected chi connectivity index (χ2v) is 12.5. The van der Waals surface area contributed by atoms with Crippen LogP contribution in [0.2, 0.25) is 0 Å². The van der Waals surface area contributed by atoms with E-state index < -0.39 is 38.9 Å². The lowest BCUT2D eigenvalue weighted by Crippen LogP contribution is -2.51. The van der Waals surface area contributed by atoms with Crippen LogP contribution in [0.15, 0.2) is 83.5 Å². The number of aliphatic hydroxyl groups is 1. The van der Waals surface area contributed by atoms with Crippen LogP contribution in [0.1, 0.15) is 30.0 Å². The number of nitrogens with zero attached hydrogens (tertiary/aromatic N) is 4. The van der Waals surface area contributed by atoms with Crippen molar-refractivity contribution in [1.82, 2.24) is 14.2 Å². The largest absolute Gasteiger partial charge is 0.507 e. The summed E-state index contributed by atoms with van der Waals surface area (Å²) in [5.41, 5.74) is -0.644. The van der Waals surface area contributed by atoms with Gasteiger partial charge in [-0.1, -0.05) is 31.2 Å². The number of ketones is 1. The quantitative estimate of drug-likeness (QED) is 0.248. The SMILES string of the molecule is CCCN1C(=O)C2(/C(=C(/O)c3ccc(S(=O)(=O)N4CCOCC4)cc3)C(=O)C(=O)N2Cc2cccnc2)c2ccccc21. The molecule has 11 nitrogen and oxygen atoms in total. The Kier molecular flexibility index (Phi) is 7.36. The van der Waals surface area contributed by atoms with Gasteiger partial charge in [0.15, 0.2) is 5.54 Å². The van der Waals surface area contributed by atoms with E-state index in [-0.39, 0.29) is 35.7 Å². The van der Waals surface area contributed by atoms with Crippen LogP contribution in [0.5, 0.6) is 0 Å². The van der Waals surface area contributed by atoms with Crippen molar-refractivity contribution in [3.63, 3.8) is 0 Å². The number of fused-ring (bicyclic) bond motifs is 2. The predicted octanol–water partition coefficient (Wildman–Crippen LogP) is 2.64. The van der Waals surface area contributed by atoms with E-state index in [1.807, 2.05) is 6.92 Å². The smallest absolute Gasteiger partial charge is 0.296 e. The Balaban J connectivity index is 1.52. The number of amides is 2. The minimum Gasteiger partial charge on any atom is -0.507 e. The van der Waals surface area contributed by atoms with Gasteiger partial charge in [0.25, 0.3) is 17.6 Å². The zero-order valence-electron chi connectivity index (χ0n) is 23.5. The Labute approximate surface area is 249 Å². The summed E-state index contributed by atoms with van der Waals surface area (Å²) in [7, 11) is -3.81. The maximum atomic E-state index is 14.5. The Morgan fingerprint density at radius 3 is 2.40 bits per heavy atom. The molecule has 43 heavy (non-hydrogen) atoms. The van der Waals surface area contributed by atoms with Crippen LogP contribution in [0, 0.1) is 0 Å². The Bertz CT molecular complexity index is 1740. The summed E-state index contributed by atoms with van der Waals surface area (Å²) in [6.45, 7) is 3.18. The first-order chi connectivity index (χ1) is 20.7. The minimum absolute atomic E-state index is 0.00843. The molecule has 1 N–H and O–H groups in total. The first-order valence-corrected chi connectivity index (χ1v) is 15.5. The average Bonchev–Trinajstić information content (AvgIpc) is 3.41. The first-order valence-electron chi connectivity index (χ1n) is 14.0. The van der Waals surface area contributed by atoms with Crippen molar-refractivity contribution in [2.75, 3.05) is 37.7 Å². The molecule has 2 amide bonds. The molecule has 6 rings (SSSR count). The van der Waals surface area contributed by atoms with Crippen molar-refractivity contribution in [1.29, 1.82) is 0 Å². The van der Waals surface area contributed by atoms with Crippen LogP contribution >= 0.6 is 0 Å². The molecule has 3 aliphatic rings. The molecule has 0 bridgehead atoms. The topological polar surface area (TPSA) is 137 Å². The van der Waals surface area contributed by atoms with Crippen LogP contribution in [-0.2, 0) is 41.2 Å². The Morgan fingerprint density at radius 1 is 1.00 bits per heavy atom. The number of hydrogen-bond donors (Lipinski definition) is 1. The third-order valence-corrected chi connectivity index (χ3v) is 9.97. The summed E-state index contributed by atoms with van der Waals surface area (Å²) in [5, 5.41) is 11.7. The number of para-hydroxylation sites is 1. The van der Waals surface area contributed by atoms with Crippen molar-refractivity contribution in [2.45, 2.75) is 30.3 Å². The van der Waals surface area contributed by atoms with Crippen molar-refractivity contribution >= 4 is 39.1 Å². The molecular formula is C31H30N4O7S. The summed E-state index contributed by atoms with van der Waals surface area (Å²) in [6.07, 6.45) is 3.75. The number of aliphatic hydroxyl groups excluding tert-OH is 1. The van der Waals surface area contributed by atoms with Gasteiger partial charge >= 0.3 is 0 Å². The number of benzene rings is 2. The lowest BCUT2D eigenvalue weighted by atomic mass is 9.81. The molecule has 222 valence electrons. The minimum atomic E-state index is -3.81. The van der Waals surface area contributed by atoms with Crippen LogP contribution < -0.4 is 4.90 Å². The van der Waals surface area contributed by atoms with Crippen molar-refractivity contribution in [3.05, 3.63) is 95.3 Å². The fraction of sp³-hybridized carbons (Fsp3) is 0.290. The van der Waals surface area contributed by atoms with Gasteiger partial charge in [-0.15, -0.1) is 0 Å². The Hall–Kier alpha value is -4.39. The summed E-state index contributed by atoms with van der Waals surface area (Å²) >= 11 is 0. The number of morpholine rings is 1. The van der Waals surface area contributed by atoms with Gasteiger partial charge in [-0.05, 0) is 48.4 Å². The van der Waals surface area contributed by atoms with Crippen molar-refractivity contribution in [3.8, 4) is 0 Å². The molecule has 1 aromatic heterocycles. The van der Waals surface area contributed by atoms with Crippen LogP contribution in [0.3, 0.4) is 0 Å². The van der Waals surface area contributed by atoms with E-state index in [1.165, 1.54) is 33.5 Å². The average molecular weight is 603 g/mol. The van der Waals surface area contributed by atoms with Gasteiger partial charge in [0.2, 0.25) is 10.0 Å². The molecule has 0 aliphatic carbocycles. The number of carbonyl (C=O) groups is 3. The highest BCUT2D eigenvalue weighted by atomic mass is 32.2. The molecule has 1 unspecified atom stereocenters. The van der Waals surface area contributed by atoms with E-state index in [2.05, 4.69) is 4.98 Å². The number of rotatable bonds is 7. The lowest BCUT2D eigenvalue weighted by molar-refractivity contribution is -0.144. The van der Waals surface area contributed by atoms with Crippen molar-refractivity contribution in [2.24, 2.45) is 0 Å². The molecule has 2 aromatic carbocycles. The number of aromatic nitrogens is 1. The molecule has 2 saturated heterocycles. The maximum absolute atomic E-state index is 14.5. The normalized spacial score (nSPS) is 22.0. The summed E-state index contributed by atoms with van der Waals surface area (Å²) in [6, 6.07) is 15.8. The molecular weight excluding hydrogens is 572 g/mol. The molecule has 12 heteroatoms. The van der Waals surface area contributed by atoms with E-state index in [9.17, 15) is 27.9 Å². The molecule has 3 aromatic rings. The number of ether oxygens (including phenoxy) is 1. The number of Topliss-reactive ketones (excluding diaryl/α,β-unsaturated/α-hetero) is 1. The van der Waals surface area contributed by atoms with E-state index in [0.717, 1.165) is 0 Å². The zero-order valence-corrected chi connectivity index (χ0v) is 24.3. The van der Waals surface area contributed by atoms with Gasteiger partial charge in [-0.25, -0.2) is 8.42 Å². The van der Waals surface area contributed by atoms with E-state index >= 15 is 0 Å². The highest BCUT2D eigenvalue weighted by Gasteiger charge is 2.67. The summed E-state index contributed by atoms with van der Waals surface area (Å²) in [4.78, 5) is 49.0. The Morgan fingerprint density at radius 2 is 1.72 bits per heavy atom. The highest BCUT2D eigenvalue weighted by molar-refractivity contribution is 7.89. The fourth-order valence-corrected chi connectivity index (χ4v) is 7.48. The number of pyridine rings is 1. The third kappa shape index (κ3) is 4.44. The van der Waals surface area contributed by atoms with Gasteiger partial charge in [0.1, 0.15) is 5.76 Å². The predicted molar refractivity (Wildman–Crippen MR) is 156 cm³/mol. The molecule has 0 radical (unpaired) electrons. The molecule has 4 heterocycles. The standard InChI is InChI=1S/C31H30N4O7S/c1-2-14-34-25-8-4-3-7-24(25)31(30(34)39)26(28(37)29(38)35(31)20-21-6-5-13-32-19-21)27(36)22-9-11-23(12-10-22)43(40,41)33-15-17-42-18-16-33/h3-13,19,36H,2,14-18,20H2,1H3/b27-26+. The molecule has 2 fully saturated rings. The first kappa shape index (κ1) is 28.7. The lowest BCUT2D eigenvalue weighted by Gasteiger charge is -2.34. The maximum Gasteiger partial charge on any atom is 0.296 e. The number of anilines is 1.